The number of likely N-dealkylation sites (N-methyl/N-ethyl adjacent to an activating group) is 1. The average molecular weight is 287 g/mol. The summed E-state index contributed by atoms with van der Waals surface area (Å²) in [5.41, 5.74) is 3.36. The van der Waals surface area contributed by atoms with Gasteiger partial charge in [-0.2, -0.15) is 5.10 Å². The molecule has 0 aromatic carbocycles. The van der Waals surface area contributed by atoms with Gasteiger partial charge in [0, 0.05) is 48.7 Å². The number of nitrogens with one attached hydrogen (secondary N) is 1. The van der Waals surface area contributed by atoms with Gasteiger partial charge in [0.2, 0.25) is 0 Å². The molecule has 5 nitrogen and oxygen atoms in total. The Morgan fingerprint density at radius 3 is 2.62 bits per heavy atom. The van der Waals surface area contributed by atoms with Gasteiger partial charge in [0.15, 0.2) is 0 Å². The van der Waals surface area contributed by atoms with Crippen molar-refractivity contribution in [2.75, 3.05) is 7.05 Å². The minimum absolute atomic E-state index is 0.0819. The summed E-state index contributed by atoms with van der Waals surface area (Å²) >= 11 is 0. The molecule has 2 heterocycles. The summed E-state index contributed by atoms with van der Waals surface area (Å²) in [6, 6.07) is 2.55. The zero-order valence-electron chi connectivity index (χ0n) is 13.6. The fraction of sp³-hybridized carbons (Fsp3) is 0.562. The molecule has 1 unspecified atom stereocenters. The van der Waals surface area contributed by atoms with E-state index in [1.54, 1.807) is 12.4 Å². The standard InChI is InChI=1S/C16H25N5/c1-12(8-13-10-17-6-7-18-13)21(5)11-14-9-15(20-19-14)16(2,3)4/h6-7,9-10,12H,8,11H2,1-5H3,(H,19,20). The number of rotatable bonds is 5. The molecule has 0 amide bonds. The predicted octanol–water partition coefficient (Wildman–Crippen LogP) is 2.56. The molecule has 0 saturated carbocycles. The summed E-state index contributed by atoms with van der Waals surface area (Å²) < 4.78 is 0. The van der Waals surface area contributed by atoms with E-state index in [0.717, 1.165) is 30.0 Å². The maximum Gasteiger partial charge on any atom is 0.0678 e. The van der Waals surface area contributed by atoms with Crippen LogP contribution in [0.4, 0.5) is 0 Å². The Hall–Kier alpha value is -1.75. The molecule has 0 spiro atoms. The van der Waals surface area contributed by atoms with Crippen molar-refractivity contribution in [3.8, 4) is 0 Å². The van der Waals surface area contributed by atoms with E-state index in [2.05, 4.69) is 65.9 Å². The van der Waals surface area contributed by atoms with Gasteiger partial charge in [-0.05, 0) is 20.0 Å². The Balaban J connectivity index is 1.94. The van der Waals surface area contributed by atoms with Crippen LogP contribution in [0.25, 0.3) is 0 Å². The number of aromatic amines is 1. The first-order valence-electron chi connectivity index (χ1n) is 7.36. The van der Waals surface area contributed by atoms with E-state index < -0.39 is 0 Å². The molecule has 0 saturated heterocycles. The minimum atomic E-state index is 0.0819. The Labute approximate surface area is 126 Å². The largest absolute Gasteiger partial charge is 0.298 e. The van der Waals surface area contributed by atoms with Gasteiger partial charge in [0.25, 0.3) is 0 Å². The number of hydrogen-bond acceptors (Lipinski definition) is 4. The van der Waals surface area contributed by atoms with Crippen LogP contribution in [0.1, 0.15) is 44.8 Å². The molecule has 0 aliphatic carbocycles. The third-order valence-corrected chi connectivity index (χ3v) is 3.69. The topological polar surface area (TPSA) is 57.7 Å². The van der Waals surface area contributed by atoms with Crippen LogP contribution in [-0.2, 0) is 18.4 Å². The molecule has 0 fully saturated rings. The van der Waals surface area contributed by atoms with Crippen molar-refractivity contribution >= 4 is 0 Å². The van der Waals surface area contributed by atoms with Crippen molar-refractivity contribution in [2.45, 2.75) is 52.1 Å². The van der Waals surface area contributed by atoms with Crippen LogP contribution in [0.3, 0.4) is 0 Å². The molecule has 114 valence electrons. The highest BCUT2D eigenvalue weighted by atomic mass is 15.2. The third-order valence-electron chi connectivity index (χ3n) is 3.69. The highest BCUT2D eigenvalue weighted by molar-refractivity contribution is 5.16. The fourth-order valence-corrected chi connectivity index (χ4v) is 2.15. The molecule has 0 aliphatic heterocycles. The van der Waals surface area contributed by atoms with E-state index in [1.807, 2.05) is 6.20 Å². The zero-order chi connectivity index (χ0) is 15.5. The van der Waals surface area contributed by atoms with Crippen LogP contribution in [0.15, 0.2) is 24.7 Å². The van der Waals surface area contributed by atoms with Crippen LogP contribution < -0.4 is 0 Å². The summed E-state index contributed by atoms with van der Waals surface area (Å²) in [4.78, 5) is 10.7. The number of hydrogen-bond donors (Lipinski definition) is 1. The van der Waals surface area contributed by atoms with Crippen LogP contribution in [0.2, 0.25) is 0 Å². The van der Waals surface area contributed by atoms with E-state index >= 15 is 0 Å². The summed E-state index contributed by atoms with van der Waals surface area (Å²) in [6.07, 6.45) is 6.17. The van der Waals surface area contributed by atoms with E-state index in [4.69, 9.17) is 0 Å². The summed E-state index contributed by atoms with van der Waals surface area (Å²) in [5.74, 6) is 0. The van der Waals surface area contributed by atoms with Gasteiger partial charge >= 0.3 is 0 Å². The average Bonchev–Trinajstić information content (AvgIpc) is 2.88. The lowest BCUT2D eigenvalue weighted by atomic mass is 9.92. The van der Waals surface area contributed by atoms with Gasteiger partial charge in [-0.25, -0.2) is 0 Å². The van der Waals surface area contributed by atoms with Crippen molar-refractivity contribution in [2.24, 2.45) is 0 Å². The molecule has 0 bridgehead atoms. The molecule has 1 N–H and O–H groups in total. The third kappa shape index (κ3) is 4.36. The molecule has 2 aromatic heterocycles. The van der Waals surface area contributed by atoms with Gasteiger partial charge < -0.3 is 0 Å². The highest BCUT2D eigenvalue weighted by Crippen LogP contribution is 2.21. The monoisotopic (exact) mass is 287 g/mol. The molecule has 0 radical (unpaired) electrons. The highest BCUT2D eigenvalue weighted by Gasteiger charge is 2.18. The molecule has 2 rings (SSSR count). The Kier molecular flexibility index (Phi) is 4.73. The molecule has 0 aliphatic rings. The van der Waals surface area contributed by atoms with Crippen molar-refractivity contribution in [3.63, 3.8) is 0 Å². The number of nitrogens with zero attached hydrogens (tertiary/aromatic N) is 4. The zero-order valence-corrected chi connectivity index (χ0v) is 13.6. The second kappa shape index (κ2) is 6.35. The van der Waals surface area contributed by atoms with Gasteiger partial charge in [-0.3, -0.25) is 20.0 Å². The Bertz CT molecular complexity index is 556. The first kappa shape index (κ1) is 15.6. The maximum atomic E-state index is 4.41. The second-order valence-corrected chi connectivity index (χ2v) is 6.69. The smallest absolute Gasteiger partial charge is 0.0678 e. The van der Waals surface area contributed by atoms with Crippen molar-refractivity contribution in [1.29, 1.82) is 0 Å². The van der Waals surface area contributed by atoms with Gasteiger partial charge in [-0.1, -0.05) is 20.8 Å². The minimum Gasteiger partial charge on any atom is -0.298 e. The molecule has 21 heavy (non-hydrogen) atoms. The van der Waals surface area contributed by atoms with Crippen molar-refractivity contribution in [3.05, 3.63) is 41.7 Å². The fourth-order valence-electron chi connectivity index (χ4n) is 2.15. The SMILES string of the molecule is CC(Cc1cnccn1)N(C)Cc1cc(C(C)(C)C)n[nH]1. The molecule has 1 atom stereocenters. The van der Waals surface area contributed by atoms with Crippen LogP contribution in [0.5, 0.6) is 0 Å². The van der Waals surface area contributed by atoms with E-state index in [1.165, 1.54) is 0 Å². The molecule has 5 heteroatoms. The summed E-state index contributed by atoms with van der Waals surface area (Å²) in [7, 11) is 2.12. The van der Waals surface area contributed by atoms with E-state index in [9.17, 15) is 0 Å². The maximum absolute atomic E-state index is 4.41. The predicted molar refractivity (Wildman–Crippen MR) is 84.0 cm³/mol. The van der Waals surface area contributed by atoms with E-state index in [0.29, 0.717) is 6.04 Å². The van der Waals surface area contributed by atoms with E-state index in [-0.39, 0.29) is 5.41 Å². The second-order valence-electron chi connectivity index (χ2n) is 6.69. The lowest BCUT2D eigenvalue weighted by Gasteiger charge is -2.23. The summed E-state index contributed by atoms with van der Waals surface area (Å²) in [6.45, 7) is 9.58. The first-order valence-corrected chi connectivity index (χ1v) is 7.36. The Morgan fingerprint density at radius 1 is 1.29 bits per heavy atom. The van der Waals surface area contributed by atoms with Gasteiger partial charge in [0.05, 0.1) is 11.4 Å². The van der Waals surface area contributed by atoms with Gasteiger partial charge in [-0.15, -0.1) is 0 Å². The van der Waals surface area contributed by atoms with Crippen LogP contribution in [-0.4, -0.2) is 38.2 Å². The Morgan fingerprint density at radius 2 is 2.05 bits per heavy atom. The molecular formula is C16H25N5. The normalized spacial score (nSPS) is 13.6. The van der Waals surface area contributed by atoms with Crippen molar-refractivity contribution < 1.29 is 0 Å². The lowest BCUT2D eigenvalue weighted by Crippen LogP contribution is -2.30. The summed E-state index contributed by atoms with van der Waals surface area (Å²) in [5, 5.41) is 7.55. The lowest BCUT2D eigenvalue weighted by molar-refractivity contribution is 0.244. The molecular weight excluding hydrogens is 262 g/mol. The number of aromatic nitrogens is 4. The van der Waals surface area contributed by atoms with Crippen LogP contribution >= 0.6 is 0 Å². The first-order chi connectivity index (χ1) is 9.86. The quantitative estimate of drug-likeness (QED) is 0.918. The van der Waals surface area contributed by atoms with Crippen molar-refractivity contribution in [1.82, 2.24) is 25.1 Å². The molecule has 2 aromatic rings. The number of H-pyrrole nitrogens is 1. The van der Waals surface area contributed by atoms with Crippen LogP contribution in [0, 0.1) is 0 Å². The van der Waals surface area contributed by atoms with Gasteiger partial charge in [0.1, 0.15) is 0 Å².